The molecule has 0 unspecified atom stereocenters. The largest absolute Gasteiger partial charge is 0.456 e. The summed E-state index contributed by atoms with van der Waals surface area (Å²) in [5.74, 6) is 0. The van der Waals surface area contributed by atoms with Gasteiger partial charge in [-0.1, -0.05) is 188 Å². The van der Waals surface area contributed by atoms with E-state index < -0.39 is 0 Å². The maximum absolute atomic E-state index is 6.57. The summed E-state index contributed by atoms with van der Waals surface area (Å²) in [4.78, 5) is 4.82. The molecule has 72 heavy (non-hydrogen) atoms. The number of hydrogen-bond donors (Lipinski definition) is 0. The number of hydrogen-bond acceptors (Lipinski definition) is 4. The lowest BCUT2D eigenvalue weighted by Crippen LogP contribution is -2.14. The lowest BCUT2D eigenvalue weighted by molar-refractivity contribution is 0.668. The third-order valence-electron chi connectivity index (χ3n) is 14.3. The molecule has 0 spiro atoms. The molecule has 0 N–H and O–H groups in total. The van der Waals surface area contributed by atoms with Gasteiger partial charge in [0.05, 0.1) is 33.5 Å². The van der Waals surface area contributed by atoms with E-state index in [0.717, 1.165) is 100 Å². The van der Waals surface area contributed by atoms with E-state index in [-0.39, 0.29) is 0 Å². The highest BCUT2D eigenvalue weighted by Crippen LogP contribution is 2.51. The lowest BCUT2D eigenvalue weighted by Gasteiger charge is -2.31. The van der Waals surface area contributed by atoms with Crippen LogP contribution in [0, 0.1) is 0 Å². The van der Waals surface area contributed by atoms with Gasteiger partial charge < -0.3 is 18.6 Å². The monoisotopic (exact) mass is 920 g/mol. The van der Waals surface area contributed by atoms with Gasteiger partial charge in [0, 0.05) is 33.3 Å². The number of fused-ring (bicyclic) bond motifs is 8. The summed E-state index contributed by atoms with van der Waals surface area (Å²) >= 11 is 0. The van der Waals surface area contributed by atoms with Gasteiger partial charge in [-0.25, -0.2) is 0 Å². The van der Waals surface area contributed by atoms with E-state index in [4.69, 9.17) is 8.83 Å². The fourth-order valence-electron chi connectivity index (χ4n) is 10.9. The Morgan fingerprint density at radius 1 is 0.236 bits per heavy atom. The first-order valence-corrected chi connectivity index (χ1v) is 24.5. The van der Waals surface area contributed by atoms with E-state index in [9.17, 15) is 0 Å². The summed E-state index contributed by atoms with van der Waals surface area (Å²) in [6.45, 7) is 0. The molecule has 0 atom stereocenters. The molecule has 4 nitrogen and oxygen atoms in total. The second-order valence-corrected chi connectivity index (χ2v) is 18.4. The van der Waals surface area contributed by atoms with Crippen molar-refractivity contribution in [3.05, 3.63) is 267 Å². The molecule has 0 radical (unpaired) electrons. The van der Waals surface area contributed by atoms with Crippen molar-refractivity contribution in [2.75, 3.05) is 9.80 Å². The van der Waals surface area contributed by atoms with Gasteiger partial charge in [0.2, 0.25) is 0 Å². The van der Waals surface area contributed by atoms with Crippen LogP contribution in [0.5, 0.6) is 0 Å². The quantitative estimate of drug-likeness (QED) is 0.144. The molecule has 4 heteroatoms. The Kier molecular flexibility index (Phi) is 9.82. The van der Waals surface area contributed by atoms with Crippen LogP contribution in [0.2, 0.25) is 0 Å². The molecule has 14 aromatic rings. The van der Waals surface area contributed by atoms with Crippen LogP contribution in [-0.2, 0) is 0 Å². The van der Waals surface area contributed by atoms with Gasteiger partial charge in [0.15, 0.2) is 0 Å². The highest BCUT2D eigenvalue weighted by Gasteiger charge is 2.26. The van der Waals surface area contributed by atoms with Crippen molar-refractivity contribution in [3.63, 3.8) is 0 Å². The number of rotatable bonds is 9. The number of anilines is 6. The average Bonchev–Trinajstić information content (AvgIpc) is 4.03. The van der Waals surface area contributed by atoms with Gasteiger partial charge in [0.1, 0.15) is 22.3 Å². The van der Waals surface area contributed by atoms with Crippen molar-refractivity contribution in [3.8, 4) is 33.4 Å². The second kappa shape index (κ2) is 17.1. The first-order valence-electron chi connectivity index (χ1n) is 24.5. The van der Waals surface area contributed by atoms with Crippen LogP contribution < -0.4 is 9.80 Å². The average molecular weight is 921 g/mol. The van der Waals surface area contributed by atoms with Crippen molar-refractivity contribution in [2.24, 2.45) is 0 Å². The predicted molar refractivity (Wildman–Crippen MR) is 302 cm³/mol. The first-order chi connectivity index (χ1) is 35.7. The molecule has 0 fully saturated rings. The Morgan fingerprint density at radius 2 is 0.639 bits per heavy atom. The Labute approximate surface area is 416 Å². The van der Waals surface area contributed by atoms with Crippen molar-refractivity contribution in [2.45, 2.75) is 0 Å². The van der Waals surface area contributed by atoms with Crippen molar-refractivity contribution in [1.82, 2.24) is 0 Å². The van der Waals surface area contributed by atoms with Crippen molar-refractivity contribution >= 4 is 99.5 Å². The molecule has 0 saturated heterocycles. The Morgan fingerprint density at radius 3 is 1.24 bits per heavy atom. The molecule has 0 aliphatic rings. The molecule has 0 bridgehead atoms. The van der Waals surface area contributed by atoms with Gasteiger partial charge in [-0.05, 0) is 123 Å². The van der Waals surface area contributed by atoms with Crippen LogP contribution in [0.15, 0.2) is 276 Å². The maximum atomic E-state index is 6.57. The molecular weight excluding hydrogens is 877 g/mol. The van der Waals surface area contributed by atoms with Crippen LogP contribution in [0.3, 0.4) is 0 Å². The summed E-state index contributed by atoms with van der Waals surface area (Å²) in [6, 6.07) is 95.5. The number of benzene rings is 12. The van der Waals surface area contributed by atoms with Crippen LogP contribution in [0.25, 0.3) is 98.8 Å². The highest BCUT2D eigenvalue weighted by molar-refractivity contribution is 6.16. The molecule has 0 amide bonds. The SMILES string of the molecule is c1ccc(N(c2ccc(-c3ccc4ccccc4c3)cc2)c2cccc3oc4ccccc4c23)c(-c2ccccc2N(c2ccc(-c3cccc4ccccc34)cc2)c2cccc3oc4ccccc4c23)c1. The molecule has 0 aliphatic heterocycles. The van der Waals surface area contributed by atoms with E-state index in [1.165, 1.54) is 32.7 Å². The van der Waals surface area contributed by atoms with Gasteiger partial charge in [-0.3, -0.25) is 0 Å². The smallest absolute Gasteiger partial charge is 0.137 e. The van der Waals surface area contributed by atoms with E-state index >= 15 is 0 Å². The van der Waals surface area contributed by atoms with Crippen LogP contribution in [-0.4, -0.2) is 0 Å². The van der Waals surface area contributed by atoms with E-state index in [1.54, 1.807) is 0 Å². The third kappa shape index (κ3) is 6.92. The minimum absolute atomic E-state index is 0.836. The second-order valence-electron chi connectivity index (χ2n) is 18.4. The number of nitrogens with zero attached hydrogens (tertiary/aromatic N) is 2. The van der Waals surface area contributed by atoms with E-state index in [2.05, 4.69) is 265 Å². The molecular formula is C68H44N2O2. The summed E-state index contributed by atoms with van der Waals surface area (Å²) < 4.78 is 13.1. The zero-order valence-electron chi connectivity index (χ0n) is 39.1. The minimum atomic E-state index is 0.836. The van der Waals surface area contributed by atoms with Crippen LogP contribution in [0.4, 0.5) is 34.1 Å². The number of para-hydroxylation sites is 4. The standard InChI is InChI=1S/C68H44N2O2/c1-2-18-49-44-50(35-34-45(49)16-1)46-36-40-51(41-37-46)69(61-28-14-32-65-67(61)57-23-7-11-30-63(57)71-65)59-26-9-5-21-55(59)56-22-6-10-27-60(56)70(62-29-15-33-66-68(62)58-24-8-12-31-64(58)72-66)52-42-38-48(39-43-52)54-25-13-19-47-17-3-4-20-53(47)54/h1-44H. The predicted octanol–water partition coefficient (Wildman–Crippen LogP) is 19.7. The fraction of sp³-hybridized carbons (Fsp3) is 0. The Hall–Kier alpha value is -9.64. The molecule has 0 aliphatic carbocycles. The first kappa shape index (κ1) is 41.3. The molecule has 0 saturated carbocycles. The third-order valence-corrected chi connectivity index (χ3v) is 14.3. The van der Waals surface area contributed by atoms with Crippen LogP contribution >= 0.6 is 0 Å². The summed E-state index contributed by atoms with van der Waals surface area (Å²) in [5, 5.41) is 9.15. The van der Waals surface area contributed by atoms with Crippen molar-refractivity contribution < 1.29 is 8.83 Å². The Balaban J connectivity index is 0.979. The van der Waals surface area contributed by atoms with Gasteiger partial charge >= 0.3 is 0 Å². The van der Waals surface area contributed by atoms with Crippen LogP contribution in [0.1, 0.15) is 0 Å². The summed E-state index contributed by atoms with van der Waals surface area (Å²) in [6.07, 6.45) is 0. The molecule has 14 rings (SSSR count). The van der Waals surface area contributed by atoms with Crippen molar-refractivity contribution in [1.29, 1.82) is 0 Å². The minimum Gasteiger partial charge on any atom is -0.456 e. The van der Waals surface area contributed by atoms with E-state index in [0.29, 0.717) is 0 Å². The zero-order chi connectivity index (χ0) is 47.5. The zero-order valence-corrected chi connectivity index (χ0v) is 39.1. The normalized spacial score (nSPS) is 11.6. The maximum Gasteiger partial charge on any atom is 0.137 e. The fourth-order valence-corrected chi connectivity index (χ4v) is 10.9. The molecule has 12 aromatic carbocycles. The summed E-state index contributed by atoms with van der Waals surface area (Å²) in [5.41, 5.74) is 16.4. The highest BCUT2D eigenvalue weighted by atomic mass is 16.3. The van der Waals surface area contributed by atoms with Gasteiger partial charge in [0.25, 0.3) is 0 Å². The number of furan rings is 2. The van der Waals surface area contributed by atoms with E-state index in [1.807, 2.05) is 12.1 Å². The Bertz CT molecular complexity index is 4350. The van der Waals surface area contributed by atoms with Gasteiger partial charge in [-0.15, -0.1) is 0 Å². The van der Waals surface area contributed by atoms with Gasteiger partial charge in [-0.2, -0.15) is 0 Å². The lowest BCUT2D eigenvalue weighted by atomic mass is 9.96. The molecule has 2 heterocycles. The molecule has 338 valence electrons. The summed E-state index contributed by atoms with van der Waals surface area (Å²) in [7, 11) is 0. The topological polar surface area (TPSA) is 32.8 Å². The molecule has 2 aromatic heterocycles.